The van der Waals surface area contributed by atoms with Gasteiger partial charge >= 0.3 is 0 Å². The number of hydrogen-bond acceptors (Lipinski definition) is 3. The SMILES string of the molecule is COc1cc(I)c(Cl)cc1C(=O)NCCc1cccs1. The highest BCUT2D eigenvalue weighted by Gasteiger charge is 2.14. The summed E-state index contributed by atoms with van der Waals surface area (Å²) in [5.74, 6) is 0.365. The minimum Gasteiger partial charge on any atom is -0.496 e. The summed E-state index contributed by atoms with van der Waals surface area (Å²) < 4.78 is 6.09. The molecule has 1 aromatic heterocycles. The second-order valence-corrected chi connectivity index (χ2v) is 6.65. The Morgan fingerprint density at radius 2 is 2.30 bits per heavy atom. The molecule has 0 aliphatic carbocycles. The molecule has 6 heteroatoms. The van der Waals surface area contributed by atoms with Crippen molar-refractivity contribution in [2.75, 3.05) is 13.7 Å². The van der Waals surface area contributed by atoms with E-state index in [4.69, 9.17) is 16.3 Å². The number of carbonyl (C=O) groups is 1. The molecule has 3 nitrogen and oxygen atoms in total. The molecule has 0 fully saturated rings. The lowest BCUT2D eigenvalue weighted by atomic mass is 10.2. The third-order valence-electron chi connectivity index (χ3n) is 2.72. The van der Waals surface area contributed by atoms with Gasteiger partial charge < -0.3 is 10.1 Å². The zero-order valence-corrected chi connectivity index (χ0v) is 14.5. The maximum absolute atomic E-state index is 12.2. The molecular formula is C14H13ClINO2S. The van der Waals surface area contributed by atoms with Crippen molar-refractivity contribution in [2.45, 2.75) is 6.42 Å². The number of amides is 1. The highest BCUT2D eigenvalue weighted by atomic mass is 127. The van der Waals surface area contributed by atoms with Crippen LogP contribution in [-0.4, -0.2) is 19.6 Å². The molecule has 0 spiro atoms. The molecule has 0 atom stereocenters. The van der Waals surface area contributed by atoms with E-state index in [0.717, 1.165) is 9.99 Å². The molecule has 0 saturated carbocycles. The molecular weight excluding hydrogens is 409 g/mol. The molecule has 20 heavy (non-hydrogen) atoms. The Labute approximate surface area is 140 Å². The summed E-state index contributed by atoms with van der Waals surface area (Å²) in [5, 5.41) is 5.46. The van der Waals surface area contributed by atoms with Crippen molar-refractivity contribution in [1.82, 2.24) is 5.32 Å². The van der Waals surface area contributed by atoms with Gasteiger partial charge in [-0.05, 0) is 52.6 Å². The minimum absolute atomic E-state index is 0.170. The van der Waals surface area contributed by atoms with Crippen molar-refractivity contribution in [1.29, 1.82) is 0 Å². The van der Waals surface area contributed by atoms with Gasteiger partial charge in [-0.2, -0.15) is 0 Å². The van der Waals surface area contributed by atoms with Crippen LogP contribution in [0.3, 0.4) is 0 Å². The molecule has 0 unspecified atom stereocenters. The molecule has 1 amide bonds. The molecule has 0 bridgehead atoms. The van der Waals surface area contributed by atoms with Gasteiger partial charge in [-0.15, -0.1) is 11.3 Å². The van der Waals surface area contributed by atoms with Crippen molar-refractivity contribution in [3.05, 3.63) is 48.7 Å². The van der Waals surface area contributed by atoms with Crippen LogP contribution in [0.2, 0.25) is 5.02 Å². The first-order valence-corrected chi connectivity index (χ1v) is 8.29. The Kier molecular flexibility index (Phi) is 5.68. The van der Waals surface area contributed by atoms with Gasteiger partial charge in [0.15, 0.2) is 0 Å². The largest absolute Gasteiger partial charge is 0.496 e. The monoisotopic (exact) mass is 421 g/mol. The van der Waals surface area contributed by atoms with Crippen molar-refractivity contribution >= 4 is 51.4 Å². The lowest BCUT2D eigenvalue weighted by molar-refractivity contribution is 0.0951. The van der Waals surface area contributed by atoms with E-state index in [2.05, 4.69) is 34.0 Å². The summed E-state index contributed by atoms with van der Waals surface area (Å²) in [6, 6.07) is 7.46. The Balaban J connectivity index is 2.03. The van der Waals surface area contributed by atoms with Gasteiger partial charge in [0.1, 0.15) is 5.75 Å². The predicted octanol–water partition coefficient (Wildman–Crippen LogP) is 3.99. The van der Waals surface area contributed by atoms with Gasteiger partial charge in [-0.1, -0.05) is 17.7 Å². The molecule has 0 aliphatic heterocycles. The zero-order valence-electron chi connectivity index (χ0n) is 10.8. The van der Waals surface area contributed by atoms with Crippen molar-refractivity contribution in [2.24, 2.45) is 0 Å². The van der Waals surface area contributed by atoms with Crippen LogP contribution in [0.25, 0.3) is 0 Å². The van der Waals surface area contributed by atoms with Crippen LogP contribution in [0.1, 0.15) is 15.2 Å². The Morgan fingerprint density at radius 3 is 2.95 bits per heavy atom. The highest BCUT2D eigenvalue weighted by molar-refractivity contribution is 14.1. The lowest BCUT2D eigenvalue weighted by Crippen LogP contribution is -2.26. The Morgan fingerprint density at radius 1 is 1.50 bits per heavy atom. The smallest absolute Gasteiger partial charge is 0.255 e. The molecule has 1 heterocycles. The zero-order chi connectivity index (χ0) is 14.5. The summed E-state index contributed by atoms with van der Waals surface area (Å²) in [6.45, 7) is 0.589. The van der Waals surface area contributed by atoms with Crippen LogP contribution >= 0.6 is 45.5 Å². The molecule has 2 rings (SSSR count). The molecule has 1 aromatic carbocycles. The first-order chi connectivity index (χ1) is 9.61. The number of benzene rings is 1. The molecule has 0 radical (unpaired) electrons. The normalized spacial score (nSPS) is 10.3. The van der Waals surface area contributed by atoms with Gasteiger partial charge in [0.25, 0.3) is 5.91 Å². The molecule has 106 valence electrons. The molecule has 1 N–H and O–H groups in total. The summed E-state index contributed by atoms with van der Waals surface area (Å²) in [4.78, 5) is 13.4. The quantitative estimate of drug-likeness (QED) is 0.742. The van der Waals surface area contributed by atoms with Crippen LogP contribution in [-0.2, 0) is 6.42 Å². The number of thiophene rings is 1. The van der Waals surface area contributed by atoms with Gasteiger partial charge in [0.05, 0.1) is 17.7 Å². The first kappa shape index (κ1) is 15.6. The number of carbonyl (C=O) groups excluding carboxylic acids is 1. The Hall–Kier alpha value is -0.790. The predicted molar refractivity (Wildman–Crippen MR) is 91.1 cm³/mol. The maximum atomic E-state index is 12.2. The molecule has 2 aromatic rings. The van der Waals surface area contributed by atoms with Crippen LogP contribution in [0.15, 0.2) is 29.6 Å². The third-order valence-corrected chi connectivity index (χ3v) is 5.18. The summed E-state index contributed by atoms with van der Waals surface area (Å²) in [6.07, 6.45) is 0.823. The fraction of sp³-hybridized carbons (Fsp3) is 0.214. The number of methoxy groups -OCH3 is 1. The van der Waals surface area contributed by atoms with E-state index in [1.807, 2.05) is 11.4 Å². The van der Waals surface area contributed by atoms with Crippen LogP contribution < -0.4 is 10.1 Å². The van der Waals surface area contributed by atoms with Crippen molar-refractivity contribution in [3.8, 4) is 5.75 Å². The molecule has 0 saturated heterocycles. The topological polar surface area (TPSA) is 38.3 Å². The Bertz CT molecular complexity index is 601. The van der Waals surface area contributed by atoms with Crippen LogP contribution in [0.4, 0.5) is 0 Å². The number of hydrogen-bond donors (Lipinski definition) is 1. The standard InChI is InChI=1S/C14H13ClINO2S/c1-19-13-8-12(16)11(15)7-10(13)14(18)17-5-4-9-3-2-6-20-9/h2-3,6-8H,4-5H2,1H3,(H,17,18). The fourth-order valence-corrected chi connectivity index (χ4v) is 3.04. The number of halogens is 2. The van der Waals surface area contributed by atoms with Gasteiger partial charge in [-0.3, -0.25) is 4.79 Å². The van der Waals surface area contributed by atoms with E-state index < -0.39 is 0 Å². The van der Waals surface area contributed by atoms with Crippen LogP contribution in [0.5, 0.6) is 5.75 Å². The maximum Gasteiger partial charge on any atom is 0.255 e. The molecule has 0 aliphatic rings. The minimum atomic E-state index is -0.170. The fourth-order valence-electron chi connectivity index (χ4n) is 1.72. The number of ether oxygens (including phenoxy) is 1. The van der Waals surface area contributed by atoms with Gasteiger partial charge in [-0.25, -0.2) is 0 Å². The van der Waals surface area contributed by atoms with E-state index >= 15 is 0 Å². The summed E-state index contributed by atoms with van der Waals surface area (Å²) >= 11 is 9.85. The number of nitrogens with one attached hydrogen (secondary N) is 1. The summed E-state index contributed by atoms with van der Waals surface area (Å²) in [7, 11) is 1.54. The van der Waals surface area contributed by atoms with Gasteiger partial charge in [0, 0.05) is 15.0 Å². The van der Waals surface area contributed by atoms with E-state index in [0.29, 0.717) is 22.9 Å². The van der Waals surface area contributed by atoms with E-state index in [1.165, 1.54) is 4.88 Å². The van der Waals surface area contributed by atoms with E-state index in [1.54, 1.807) is 30.6 Å². The van der Waals surface area contributed by atoms with Crippen molar-refractivity contribution < 1.29 is 9.53 Å². The van der Waals surface area contributed by atoms with Crippen molar-refractivity contribution in [3.63, 3.8) is 0 Å². The first-order valence-electron chi connectivity index (χ1n) is 5.95. The second kappa shape index (κ2) is 7.28. The van der Waals surface area contributed by atoms with E-state index in [-0.39, 0.29) is 5.91 Å². The third kappa shape index (κ3) is 3.86. The number of rotatable bonds is 5. The van der Waals surface area contributed by atoms with E-state index in [9.17, 15) is 4.79 Å². The van der Waals surface area contributed by atoms with Gasteiger partial charge in [0.2, 0.25) is 0 Å². The average molecular weight is 422 g/mol. The highest BCUT2D eigenvalue weighted by Crippen LogP contribution is 2.28. The summed E-state index contributed by atoms with van der Waals surface area (Å²) in [5.41, 5.74) is 0.462. The lowest BCUT2D eigenvalue weighted by Gasteiger charge is -2.10. The van der Waals surface area contributed by atoms with Crippen LogP contribution in [0, 0.1) is 3.57 Å². The second-order valence-electron chi connectivity index (χ2n) is 4.05. The average Bonchev–Trinajstić information content (AvgIpc) is 2.94.